The molecule has 0 spiro atoms. The van der Waals surface area contributed by atoms with Gasteiger partial charge in [0.15, 0.2) is 5.65 Å². The molecule has 3 saturated heterocycles. The fourth-order valence-electron chi connectivity index (χ4n) is 6.59. The lowest BCUT2D eigenvalue weighted by molar-refractivity contribution is -0.0623. The number of nitrogens with two attached hydrogens (primary N) is 1. The summed E-state index contributed by atoms with van der Waals surface area (Å²) in [4.78, 5) is 28.1. The molecule has 12 heteroatoms. The molecule has 4 aromatic rings. The van der Waals surface area contributed by atoms with Crippen molar-refractivity contribution in [3.8, 4) is 28.5 Å². The standard InChI is InChI=1S/C34H42N8O4/c1-34(2,3)46-33(43)41-19-25(20-41)40-17-24(18-40)39-15-13-23(14-16-39)42-32-29(31(35)36-21-37-32)30(38-42)22-5-7-27(8-6-22)45-28-11-9-26(44-4)10-12-28/h5-12,21,23-25H,13-20H2,1-4H3,(H2,35,36,37). The molecule has 0 saturated carbocycles. The minimum atomic E-state index is -0.459. The Morgan fingerprint density at radius 3 is 2.07 bits per heavy atom. The van der Waals surface area contributed by atoms with E-state index in [1.807, 2.05) is 69.3 Å². The largest absolute Gasteiger partial charge is 0.497 e. The second-order valence-corrected chi connectivity index (χ2v) is 13.5. The summed E-state index contributed by atoms with van der Waals surface area (Å²) in [6, 6.07) is 16.6. The maximum absolute atomic E-state index is 12.3. The number of amides is 1. The molecule has 46 heavy (non-hydrogen) atoms. The summed E-state index contributed by atoms with van der Waals surface area (Å²) in [5, 5.41) is 5.87. The van der Waals surface area contributed by atoms with Crippen LogP contribution in [0, 0.1) is 0 Å². The van der Waals surface area contributed by atoms with Crippen LogP contribution in [0.4, 0.5) is 10.6 Å². The first-order chi connectivity index (χ1) is 22.1. The minimum absolute atomic E-state index is 0.208. The van der Waals surface area contributed by atoms with Crippen LogP contribution >= 0.6 is 0 Å². The summed E-state index contributed by atoms with van der Waals surface area (Å²) in [5.74, 6) is 2.66. The molecular formula is C34H42N8O4. The van der Waals surface area contributed by atoms with Crippen LogP contribution in [0.2, 0.25) is 0 Å². The number of rotatable bonds is 7. The molecular weight excluding hydrogens is 584 g/mol. The molecule has 0 aliphatic carbocycles. The lowest BCUT2D eigenvalue weighted by Crippen LogP contribution is -2.70. The van der Waals surface area contributed by atoms with Gasteiger partial charge in [-0.1, -0.05) is 0 Å². The van der Waals surface area contributed by atoms with E-state index in [9.17, 15) is 4.79 Å². The number of anilines is 1. The number of hydrogen-bond donors (Lipinski definition) is 1. The second kappa shape index (κ2) is 12.1. The van der Waals surface area contributed by atoms with Gasteiger partial charge in [0.25, 0.3) is 0 Å². The van der Waals surface area contributed by atoms with Crippen molar-refractivity contribution < 1.29 is 19.0 Å². The van der Waals surface area contributed by atoms with Gasteiger partial charge >= 0.3 is 6.09 Å². The molecule has 12 nitrogen and oxygen atoms in total. The topological polar surface area (TPSA) is 124 Å². The minimum Gasteiger partial charge on any atom is -0.497 e. The number of ether oxygens (including phenoxy) is 3. The summed E-state index contributed by atoms with van der Waals surface area (Å²) in [7, 11) is 1.64. The number of piperidine rings is 1. The highest BCUT2D eigenvalue weighted by atomic mass is 16.6. The number of carbonyl (C=O) groups excluding carboxylic acids is 1. The van der Waals surface area contributed by atoms with Crippen molar-refractivity contribution in [1.82, 2.24) is 34.4 Å². The lowest BCUT2D eigenvalue weighted by atomic mass is 9.96. The van der Waals surface area contributed by atoms with Gasteiger partial charge in [-0.3, -0.25) is 9.80 Å². The number of hydrogen-bond acceptors (Lipinski definition) is 10. The van der Waals surface area contributed by atoms with E-state index in [2.05, 4.69) is 24.4 Å². The molecule has 0 bridgehead atoms. The smallest absolute Gasteiger partial charge is 0.410 e. The van der Waals surface area contributed by atoms with E-state index in [-0.39, 0.29) is 12.1 Å². The summed E-state index contributed by atoms with van der Waals surface area (Å²) in [6.45, 7) is 11.3. The van der Waals surface area contributed by atoms with Gasteiger partial charge in [0.1, 0.15) is 40.7 Å². The normalized spacial score (nSPS) is 18.7. The highest BCUT2D eigenvalue weighted by Gasteiger charge is 2.44. The molecule has 0 radical (unpaired) electrons. The van der Waals surface area contributed by atoms with Gasteiger partial charge in [-0.25, -0.2) is 19.4 Å². The first-order valence-electron chi connectivity index (χ1n) is 16.0. The van der Waals surface area contributed by atoms with E-state index in [1.165, 1.54) is 6.33 Å². The van der Waals surface area contributed by atoms with Crippen LogP contribution in [-0.4, -0.2) is 105 Å². The average molecular weight is 627 g/mol. The SMILES string of the molecule is COc1ccc(Oc2ccc(-c3nn(C4CCN(C5CN(C6CN(C(=O)OC(C)(C)C)C6)C5)CC4)c4ncnc(N)c34)cc2)cc1. The van der Waals surface area contributed by atoms with Gasteiger partial charge in [-0.05, 0) is 82.1 Å². The van der Waals surface area contributed by atoms with Crippen LogP contribution in [0.1, 0.15) is 39.7 Å². The number of likely N-dealkylation sites (tertiary alicyclic amines) is 3. The van der Waals surface area contributed by atoms with Gasteiger partial charge < -0.3 is 24.8 Å². The van der Waals surface area contributed by atoms with Crippen LogP contribution in [-0.2, 0) is 4.74 Å². The predicted octanol–water partition coefficient (Wildman–Crippen LogP) is 4.82. The summed E-state index contributed by atoms with van der Waals surface area (Å²) in [6.07, 6.45) is 3.29. The zero-order chi connectivity index (χ0) is 32.0. The fourth-order valence-corrected chi connectivity index (χ4v) is 6.59. The van der Waals surface area contributed by atoms with E-state index >= 15 is 0 Å². The van der Waals surface area contributed by atoms with E-state index in [0.717, 1.165) is 91.6 Å². The number of aromatic nitrogens is 4. The van der Waals surface area contributed by atoms with Crippen molar-refractivity contribution in [3.63, 3.8) is 0 Å². The number of carbonyl (C=O) groups is 1. The van der Waals surface area contributed by atoms with Crippen LogP contribution in [0.25, 0.3) is 22.3 Å². The molecule has 242 valence electrons. The van der Waals surface area contributed by atoms with Gasteiger partial charge in [0, 0.05) is 56.9 Å². The molecule has 2 aromatic carbocycles. The van der Waals surface area contributed by atoms with E-state index in [1.54, 1.807) is 12.0 Å². The summed E-state index contributed by atoms with van der Waals surface area (Å²) in [5.41, 5.74) is 8.43. The zero-order valence-corrected chi connectivity index (χ0v) is 26.9. The van der Waals surface area contributed by atoms with Crippen LogP contribution in [0.5, 0.6) is 17.2 Å². The molecule has 1 amide bonds. The number of benzene rings is 2. The molecule has 2 N–H and O–H groups in total. The third-order valence-corrected chi connectivity index (χ3v) is 9.22. The Morgan fingerprint density at radius 2 is 1.43 bits per heavy atom. The first kappa shape index (κ1) is 30.2. The third kappa shape index (κ3) is 6.06. The number of methoxy groups -OCH3 is 1. The quantitative estimate of drug-likeness (QED) is 0.305. The van der Waals surface area contributed by atoms with E-state index in [0.29, 0.717) is 17.9 Å². The average Bonchev–Trinajstić information content (AvgIpc) is 3.38. The highest BCUT2D eigenvalue weighted by Crippen LogP contribution is 2.36. The number of nitrogen functional groups attached to an aromatic ring is 1. The lowest BCUT2D eigenvalue weighted by Gasteiger charge is -2.54. The van der Waals surface area contributed by atoms with Gasteiger partial charge in [-0.2, -0.15) is 5.10 Å². The number of nitrogens with zero attached hydrogens (tertiary/aromatic N) is 7. The van der Waals surface area contributed by atoms with Gasteiger partial charge in [0.2, 0.25) is 0 Å². The van der Waals surface area contributed by atoms with Gasteiger partial charge in [-0.15, -0.1) is 0 Å². The second-order valence-electron chi connectivity index (χ2n) is 13.5. The van der Waals surface area contributed by atoms with Gasteiger partial charge in [0.05, 0.1) is 18.5 Å². The maximum Gasteiger partial charge on any atom is 0.410 e. The van der Waals surface area contributed by atoms with Crippen LogP contribution < -0.4 is 15.2 Å². The van der Waals surface area contributed by atoms with E-state index in [4.69, 9.17) is 25.0 Å². The Morgan fingerprint density at radius 1 is 0.826 bits per heavy atom. The molecule has 0 atom stereocenters. The summed E-state index contributed by atoms with van der Waals surface area (Å²) < 4.78 is 18.8. The van der Waals surface area contributed by atoms with Crippen molar-refractivity contribution in [2.24, 2.45) is 0 Å². The van der Waals surface area contributed by atoms with Crippen molar-refractivity contribution >= 4 is 22.9 Å². The Balaban J connectivity index is 0.968. The monoisotopic (exact) mass is 626 g/mol. The molecule has 3 aliphatic rings. The fraction of sp³-hybridized carbons (Fsp3) is 0.471. The number of fused-ring (bicyclic) bond motifs is 1. The molecule has 3 aliphatic heterocycles. The molecule has 7 rings (SSSR count). The third-order valence-electron chi connectivity index (χ3n) is 9.22. The van der Waals surface area contributed by atoms with Crippen LogP contribution in [0.3, 0.4) is 0 Å². The first-order valence-corrected chi connectivity index (χ1v) is 16.0. The van der Waals surface area contributed by atoms with Crippen molar-refractivity contribution in [1.29, 1.82) is 0 Å². The molecule has 0 unspecified atom stereocenters. The van der Waals surface area contributed by atoms with Crippen molar-refractivity contribution in [2.75, 3.05) is 52.1 Å². The predicted molar refractivity (Wildman–Crippen MR) is 175 cm³/mol. The van der Waals surface area contributed by atoms with Crippen molar-refractivity contribution in [2.45, 2.75) is 57.3 Å². The van der Waals surface area contributed by atoms with E-state index < -0.39 is 5.60 Å². The molecule has 5 heterocycles. The summed E-state index contributed by atoms with van der Waals surface area (Å²) >= 11 is 0. The Bertz CT molecular complexity index is 1680. The Hall–Kier alpha value is -4.42. The maximum atomic E-state index is 12.3. The molecule has 3 fully saturated rings. The Kier molecular flexibility index (Phi) is 7.93. The Labute approximate surface area is 269 Å². The molecule has 2 aromatic heterocycles. The highest BCUT2D eigenvalue weighted by molar-refractivity contribution is 5.98. The van der Waals surface area contributed by atoms with Crippen molar-refractivity contribution in [3.05, 3.63) is 54.9 Å². The van der Waals surface area contributed by atoms with Crippen LogP contribution in [0.15, 0.2) is 54.9 Å². The zero-order valence-electron chi connectivity index (χ0n) is 26.9.